The van der Waals surface area contributed by atoms with Crippen molar-refractivity contribution < 1.29 is 14.2 Å². The largest absolute Gasteiger partial charge is 0.481 e. The number of morpholine rings is 1. The number of hydrogen-bond donors (Lipinski definition) is 2. The number of pyridine rings is 2. The predicted octanol–water partition coefficient (Wildman–Crippen LogP) is 5.13. The molecule has 9 nitrogen and oxygen atoms in total. The Morgan fingerprint density at radius 1 is 1.05 bits per heavy atom. The monoisotopic (exact) mass is 579 g/mol. The Labute approximate surface area is 251 Å². The zero-order chi connectivity index (χ0) is 29.2. The number of aromatic amines is 1. The van der Waals surface area contributed by atoms with Gasteiger partial charge in [0.15, 0.2) is 0 Å². The molecule has 2 saturated heterocycles. The van der Waals surface area contributed by atoms with E-state index in [0.717, 1.165) is 85.0 Å². The number of hydrogen-bond acceptors (Lipinski definition) is 8. The standard InChI is InChI=1S/C34H37N5O4/c1-41-34-24(5-3-12-36-34)21-38-14-10-26(11-15-38)37-27-7-8-30-25(19-27)18-23-4-2-6-29(33(23)43-30)31-22-39(16-17-42-31)28-9-13-35-32(40)20-28/h2-9,12-13,19-20,26,31,37H,10-11,14-18,21-22H2,1H3,(H,35,40). The average Bonchev–Trinajstić information content (AvgIpc) is 3.05. The first-order valence-electron chi connectivity index (χ1n) is 15.1. The molecular formula is C34H37N5O4. The van der Waals surface area contributed by atoms with E-state index < -0.39 is 0 Å². The number of fused-ring (bicyclic) bond motifs is 2. The Balaban J connectivity index is 0.996. The maximum atomic E-state index is 11.9. The molecule has 0 spiro atoms. The highest BCUT2D eigenvalue weighted by Crippen LogP contribution is 2.43. The summed E-state index contributed by atoms with van der Waals surface area (Å²) in [5.74, 6) is 2.50. The normalized spacial score (nSPS) is 18.8. The number of rotatable bonds is 7. The van der Waals surface area contributed by atoms with Crippen molar-refractivity contribution in [1.82, 2.24) is 14.9 Å². The van der Waals surface area contributed by atoms with Crippen LogP contribution in [-0.2, 0) is 17.7 Å². The van der Waals surface area contributed by atoms with Crippen LogP contribution < -0.4 is 25.2 Å². The van der Waals surface area contributed by atoms with Crippen molar-refractivity contribution in [2.24, 2.45) is 0 Å². The number of piperidine rings is 1. The molecule has 3 aliphatic heterocycles. The number of likely N-dealkylation sites (tertiary alicyclic amines) is 1. The summed E-state index contributed by atoms with van der Waals surface area (Å²) >= 11 is 0. The molecule has 0 amide bonds. The second-order valence-corrected chi connectivity index (χ2v) is 11.5. The number of nitrogens with one attached hydrogen (secondary N) is 2. The molecule has 1 atom stereocenters. The van der Waals surface area contributed by atoms with Gasteiger partial charge in [0.2, 0.25) is 11.4 Å². The van der Waals surface area contributed by atoms with Crippen LogP contribution in [0.1, 0.15) is 41.2 Å². The highest BCUT2D eigenvalue weighted by molar-refractivity contribution is 5.59. The van der Waals surface area contributed by atoms with Crippen LogP contribution in [0, 0.1) is 0 Å². The van der Waals surface area contributed by atoms with E-state index in [-0.39, 0.29) is 11.7 Å². The Hall–Kier alpha value is -4.34. The highest BCUT2D eigenvalue weighted by atomic mass is 16.5. The molecule has 5 heterocycles. The molecule has 2 aromatic heterocycles. The SMILES string of the molecule is COc1ncccc1CN1CCC(Nc2ccc3c(c2)Cc2cccc(C4CN(c5cc[nH]c(=O)c5)CCO4)c2O3)CC1. The Kier molecular flexibility index (Phi) is 7.74. The van der Waals surface area contributed by atoms with Crippen molar-refractivity contribution in [3.05, 3.63) is 106 Å². The molecule has 0 saturated carbocycles. The minimum Gasteiger partial charge on any atom is -0.481 e. The van der Waals surface area contributed by atoms with Gasteiger partial charge in [0.25, 0.3) is 0 Å². The minimum absolute atomic E-state index is 0.0984. The van der Waals surface area contributed by atoms with Gasteiger partial charge in [-0.1, -0.05) is 24.3 Å². The Morgan fingerprint density at radius 2 is 1.95 bits per heavy atom. The second kappa shape index (κ2) is 12.1. The fourth-order valence-electron chi connectivity index (χ4n) is 6.49. The van der Waals surface area contributed by atoms with Gasteiger partial charge in [0.1, 0.15) is 17.6 Å². The van der Waals surface area contributed by atoms with Crippen molar-refractivity contribution in [3.8, 4) is 17.4 Å². The topological polar surface area (TPSA) is 92.0 Å². The van der Waals surface area contributed by atoms with Crippen LogP contribution in [-0.4, -0.2) is 60.8 Å². The third-order valence-electron chi connectivity index (χ3n) is 8.71. The summed E-state index contributed by atoms with van der Waals surface area (Å²) in [5, 5.41) is 3.78. The maximum absolute atomic E-state index is 11.9. The van der Waals surface area contributed by atoms with Gasteiger partial charge in [-0.25, -0.2) is 4.98 Å². The van der Waals surface area contributed by atoms with Crippen molar-refractivity contribution in [3.63, 3.8) is 0 Å². The van der Waals surface area contributed by atoms with Gasteiger partial charge in [-0.3, -0.25) is 9.69 Å². The molecular weight excluding hydrogens is 542 g/mol. The molecule has 2 N–H and O–H groups in total. The van der Waals surface area contributed by atoms with E-state index in [2.05, 4.69) is 67.5 Å². The number of nitrogens with zero attached hydrogens (tertiary/aromatic N) is 3. The van der Waals surface area contributed by atoms with Crippen molar-refractivity contribution in [1.29, 1.82) is 0 Å². The van der Waals surface area contributed by atoms with E-state index in [1.807, 2.05) is 12.1 Å². The fourth-order valence-corrected chi connectivity index (χ4v) is 6.49. The van der Waals surface area contributed by atoms with Crippen molar-refractivity contribution in [2.75, 3.05) is 50.1 Å². The number of anilines is 2. The van der Waals surface area contributed by atoms with E-state index in [1.165, 1.54) is 5.56 Å². The first-order valence-corrected chi connectivity index (χ1v) is 15.1. The van der Waals surface area contributed by atoms with E-state index in [0.29, 0.717) is 25.1 Å². The summed E-state index contributed by atoms with van der Waals surface area (Å²) in [6.07, 6.45) is 6.30. The third kappa shape index (κ3) is 5.96. The van der Waals surface area contributed by atoms with Gasteiger partial charge in [0.05, 0.1) is 13.7 Å². The summed E-state index contributed by atoms with van der Waals surface area (Å²) in [7, 11) is 1.68. The summed E-state index contributed by atoms with van der Waals surface area (Å²) in [4.78, 5) is 23.6. The van der Waals surface area contributed by atoms with Gasteiger partial charge < -0.3 is 29.4 Å². The molecule has 1 unspecified atom stereocenters. The molecule has 2 fully saturated rings. The van der Waals surface area contributed by atoms with E-state index in [4.69, 9.17) is 14.2 Å². The number of H-pyrrole nitrogens is 1. The lowest BCUT2D eigenvalue weighted by Crippen LogP contribution is -2.39. The average molecular weight is 580 g/mol. The molecule has 222 valence electrons. The molecule has 7 rings (SSSR count). The van der Waals surface area contributed by atoms with Gasteiger partial charge in [0, 0.05) is 91.7 Å². The smallest absolute Gasteiger partial charge is 0.249 e. The number of para-hydroxylation sites is 1. The van der Waals surface area contributed by atoms with Crippen LogP contribution in [0.15, 0.2) is 77.9 Å². The Bertz CT molecular complexity index is 1650. The second-order valence-electron chi connectivity index (χ2n) is 11.5. The van der Waals surface area contributed by atoms with E-state index in [1.54, 1.807) is 25.6 Å². The number of aromatic nitrogens is 2. The van der Waals surface area contributed by atoms with Gasteiger partial charge in [-0.2, -0.15) is 0 Å². The van der Waals surface area contributed by atoms with Crippen LogP contribution >= 0.6 is 0 Å². The quantitative estimate of drug-likeness (QED) is 0.274. The lowest BCUT2D eigenvalue weighted by atomic mass is 9.95. The first kappa shape index (κ1) is 27.5. The number of methoxy groups -OCH3 is 1. The molecule has 0 bridgehead atoms. The zero-order valence-electron chi connectivity index (χ0n) is 24.4. The van der Waals surface area contributed by atoms with Crippen LogP contribution in [0.25, 0.3) is 0 Å². The number of benzene rings is 2. The van der Waals surface area contributed by atoms with Crippen LogP contribution in [0.5, 0.6) is 17.4 Å². The summed E-state index contributed by atoms with van der Waals surface area (Å²) in [6.45, 7) is 4.91. The number of ether oxygens (including phenoxy) is 3. The molecule has 3 aliphatic rings. The summed E-state index contributed by atoms with van der Waals surface area (Å²) in [5.41, 5.74) is 6.48. The lowest BCUT2D eigenvalue weighted by molar-refractivity contribution is 0.0384. The lowest BCUT2D eigenvalue weighted by Gasteiger charge is -2.36. The maximum Gasteiger partial charge on any atom is 0.249 e. The molecule has 0 radical (unpaired) electrons. The molecule has 9 heteroatoms. The van der Waals surface area contributed by atoms with Crippen molar-refractivity contribution in [2.45, 2.75) is 38.0 Å². The van der Waals surface area contributed by atoms with E-state index in [9.17, 15) is 4.79 Å². The third-order valence-corrected chi connectivity index (χ3v) is 8.71. The van der Waals surface area contributed by atoms with Crippen molar-refractivity contribution >= 4 is 11.4 Å². The first-order chi connectivity index (χ1) is 21.1. The summed E-state index contributed by atoms with van der Waals surface area (Å²) < 4.78 is 18.2. The zero-order valence-corrected chi connectivity index (χ0v) is 24.4. The van der Waals surface area contributed by atoms with Gasteiger partial charge >= 0.3 is 0 Å². The van der Waals surface area contributed by atoms with Crippen LogP contribution in [0.3, 0.4) is 0 Å². The van der Waals surface area contributed by atoms with E-state index >= 15 is 0 Å². The fraction of sp³-hybridized carbons (Fsp3) is 0.353. The predicted molar refractivity (Wildman–Crippen MR) is 166 cm³/mol. The van der Waals surface area contributed by atoms with Crippen LogP contribution in [0.4, 0.5) is 11.4 Å². The van der Waals surface area contributed by atoms with Crippen LogP contribution in [0.2, 0.25) is 0 Å². The molecule has 43 heavy (non-hydrogen) atoms. The summed E-state index contributed by atoms with van der Waals surface area (Å²) in [6, 6.07) is 20.9. The molecule has 4 aromatic rings. The van der Waals surface area contributed by atoms with Gasteiger partial charge in [-0.05, 0) is 48.7 Å². The highest BCUT2D eigenvalue weighted by Gasteiger charge is 2.29. The Morgan fingerprint density at radius 3 is 2.81 bits per heavy atom. The van der Waals surface area contributed by atoms with Gasteiger partial charge in [-0.15, -0.1) is 0 Å². The molecule has 2 aromatic carbocycles. The minimum atomic E-state index is -0.143. The molecule has 0 aliphatic carbocycles.